The highest BCUT2D eigenvalue weighted by Crippen LogP contribution is 2.35. The minimum absolute atomic E-state index is 0.182. The number of carbonyl (C=O) groups excluding carboxylic acids is 1. The molecule has 0 radical (unpaired) electrons. The summed E-state index contributed by atoms with van der Waals surface area (Å²) in [5, 5.41) is 9.61. The van der Waals surface area contributed by atoms with Gasteiger partial charge in [0.15, 0.2) is 5.82 Å². The second-order valence-corrected chi connectivity index (χ2v) is 10.7. The summed E-state index contributed by atoms with van der Waals surface area (Å²) in [4.78, 5) is 23.8. The Morgan fingerprint density at radius 2 is 1.87 bits per heavy atom. The van der Waals surface area contributed by atoms with Crippen molar-refractivity contribution >= 4 is 46.3 Å². The molecule has 1 aromatic heterocycles. The lowest BCUT2D eigenvalue weighted by Crippen LogP contribution is -2.39. The topological polar surface area (TPSA) is 117 Å². The number of carbonyl (C=O) groups is 1. The quantitative estimate of drug-likeness (QED) is 0.299. The maximum Gasteiger partial charge on any atom is 0.253 e. The van der Waals surface area contributed by atoms with Crippen molar-refractivity contribution in [1.82, 2.24) is 15.3 Å². The molecule has 0 atom stereocenters. The van der Waals surface area contributed by atoms with Crippen LogP contribution < -0.4 is 31.3 Å². The van der Waals surface area contributed by atoms with Gasteiger partial charge in [-0.25, -0.2) is 4.98 Å². The summed E-state index contributed by atoms with van der Waals surface area (Å²) >= 11 is 6.42. The Kier molecular flexibility index (Phi) is 8.58. The summed E-state index contributed by atoms with van der Waals surface area (Å²) in [6.07, 6.45) is 3.45. The van der Waals surface area contributed by atoms with Crippen LogP contribution in [0, 0.1) is 0 Å². The van der Waals surface area contributed by atoms with Crippen LogP contribution in [0.25, 0.3) is 0 Å². The fourth-order valence-electron chi connectivity index (χ4n) is 4.19. The van der Waals surface area contributed by atoms with E-state index in [1.165, 1.54) is 6.20 Å². The van der Waals surface area contributed by atoms with Crippen LogP contribution in [0.5, 0.6) is 5.75 Å². The zero-order valence-electron chi connectivity index (χ0n) is 22.3. The Labute approximate surface area is 229 Å². The van der Waals surface area contributed by atoms with Gasteiger partial charge in [-0.05, 0) is 64.8 Å². The van der Waals surface area contributed by atoms with Crippen molar-refractivity contribution in [2.75, 3.05) is 35.2 Å². The van der Waals surface area contributed by atoms with Gasteiger partial charge in [-0.2, -0.15) is 4.98 Å². The monoisotopic (exact) mass is 537 g/mol. The minimum atomic E-state index is -0.407. The van der Waals surface area contributed by atoms with Gasteiger partial charge < -0.3 is 31.3 Å². The molecule has 4 rings (SSSR count). The normalized spacial score (nSPS) is 14.2. The molecule has 5 N–H and O–H groups in total. The van der Waals surface area contributed by atoms with Crippen molar-refractivity contribution in [1.29, 1.82) is 0 Å². The lowest BCUT2D eigenvalue weighted by atomic mass is 10.1. The van der Waals surface area contributed by atoms with Gasteiger partial charge in [-0.1, -0.05) is 23.7 Å². The van der Waals surface area contributed by atoms with Gasteiger partial charge in [0.05, 0.1) is 23.1 Å². The average Bonchev–Trinajstić information content (AvgIpc) is 2.87. The third-order valence-electron chi connectivity index (χ3n) is 6.04. The second-order valence-electron chi connectivity index (χ2n) is 10.3. The molecule has 38 heavy (non-hydrogen) atoms. The molecule has 0 unspecified atom stereocenters. The van der Waals surface area contributed by atoms with Crippen LogP contribution in [0.4, 0.5) is 28.8 Å². The molecular formula is C28H36ClN7O2. The molecule has 1 saturated heterocycles. The Morgan fingerprint density at radius 1 is 1.13 bits per heavy atom. The number of amides is 1. The summed E-state index contributed by atoms with van der Waals surface area (Å²) in [5.41, 5.74) is 8.59. The van der Waals surface area contributed by atoms with Crippen molar-refractivity contribution in [3.63, 3.8) is 0 Å². The number of para-hydroxylation sites is 1. The highest BCUT2D eigenvalue weighted by Gasteiger charge is 2.21. The zero-order valence-corrected chi connectivity index (χ0v) is 23.1. The largest absolute Gasteiger partial charge is 0.486 e. The number of benzene rings is 2. The predicted octanol–water partition coefficient (Wildman–Crippen LogP) is 5.47. The highest BCUT2D eigenvalue weighted by atomic mass is 35.5. The molecule has 1 aliphatic rings. The van der Waals surface area contributed by atoms with Gasteiger partial charge in [0.2, 0.25) is 5.95 Å². The van der Waals surface area contributed by atoms with E-state index in [9.17, 15) is 4.79 Å². The SMILES string of the molecule is CCNC(=O)c1ccccc1Nc1nc(Nc2ccc(N3CCC(N)CC3)cc2OC(C)(C)C)ncc1Cl. The smallest absolute Gasteiger partial charge is 0.253 e. The van der Waals surface area contributed by atoms with Gasteiger partial charge in [0, 0.05) is 37.4 Å². The van der Waals surface area contributed by atoms with E-state index in [0.717, 1.165) is 37.3 Å². The van der Waals surface area contributed by atoms with Gasteiger partial charge in [0.1, 0.15) is 16.4 Å². The first-order valence-electron chi connectivity index (χ1n) is 12.9. The molecule has 10 heteroatoms. The van der Waals surface area contributed by atoms with Crippen LogP contribution in [-0.2, 0) is 0 Å². The van der Waals surface area contributed by atoms with E-state index >= 15 is 0 Å². The number of nitrogens with two attached hydrogens (primary N) is 1. The molecule has 3 aromatic rings. The van der Waals surface area contributed by atoms with Crippen molar-refractivity contribution in [2.45, 2.75) is 52.2 Å². The van der Waals surface area contributed by atoms with Crippen molar-refractivity contribution < 1.29 is 9.53 Å². The maximum absolute atomic E-state index is 12.5. The fourth-order valence-corrected chi connectivity index (χ4v) is 4.33. The van der Waals surface area contributed by atoms with E-state index in [0.29, 0.717) is 40.3 Å². The number of nitrogens with one attached hydrogen (secondary N) is 3. The number of aromatic nitrogens is 2. The molecule has 0 saturated carbocycles. The van der Waals surface area contributed by atoms with Gasteiger partial charge >= 0.3 is 0 Å². The van der Waals surface area contributed by atoms with Crippen molar-refractivity contribution in [3.05, 3.63) is 59.2 Å². The van der Waals surface area contributed by atoms with Crippen molar-refractivity contribution in [3.8, 4) is 5.75 Å². The summed E-state index contributed by atoms with van der Waals surface area (Å²) in [7, 11) is 0. The molecule has 2 aromatic carbocycles. The Morgan fingerprint density at radius 3 is 2.58 bits per heavy atom. The Hall–Kier alpha value is -3.56. The van der Waals surface area contributed by atoms with Crippen LogP contribution in [0.1, 0.15) is 50.9 Å². The van der Waals surface area contributed by atoms with Crippen LogP contribution in [0.3, 0.4) is 0 Å². The third kappa shape index (κ3) is 7.05. The van der Waals surface area contributed by atoms with Gasteiger partial charge in [-0.3, -0.25) is 4.79 Å². The van der Waals surface area contributed by atoms with E-state index < -0.39 is 5.60 Å². The summed E-state index contributed by atoms with van der Waals surface area (Å²) in [6.45, 7) is 10.3. The molecule has 0 spiro atoms. The third-order valence-corrected chi connectivity index (χ3v) is 6.32. The van der Waals surface area contributed by atoms with Gasteiger partial charge in [0.25, 0.3) is 5.91 Å². The number of ether oxygens (including phenoxy) is 1. The molecule has 1 amide bonds. The number of nitrogens with zero attached hydrogens (tertiary/aromatic N) is 3. The number of rotatable bonds is 8. The molecule has 202 valence electrons. The Balaban J connectivity index is 1.60. The van der Waals surface area contributed by atoms with Gasteiger partial charge in [-0.15, -0.1) is 0 Å². The van der Waals surface area contributed by atoms with Crippen LogP contribution in [0.15, 0.2) is 48.7 Å². The summed E-state index contributed by atoms with van der Waals surface area (Å²) in [5.74, 6) is 1.22. The van der Waals surface area contributed by atoms with E-state index in [4.69, 9.17) is 22.1 Å². The highest BCUT2D eigenvalue weighted by molar-refractivity contribution is 6.33. The molecular weight excluding hydrogens is 502 g/mol. The molecule has 0 bridgehead atoms. The first-order chi connectivity index (χ1) is 18.1. The van der Waals surface area contributed by atoms with Crippen LogP contribution >= 0.6 is 11.6 Å². The Bertz CT molecular complexity index is 1270. The standard InChI is InChI=1S/C28H36ClN7O2/c1-5-31-26(37)20-8-6-7-9-22(20)33-25-21(29)17-32-27(35-25)34-23-11-10-19(16-24(23)38-28(2,3)4)36-14-12-18(30)13-15-36/h6-11,16-18H,5,12-15,30H2,1-4H3,(H,31,37)(H2,32,33,34,35). The average molecular weight is 538 g/mol. The molecule has 9 nitrogen and oxygen atoms in total. The van der Waals surface area contributed by atoms with E-state index in [1.54, 1.807) is 12.1 Å². The fraction of sp³-hybridized carbons (Fsp3) is 0.393. The number of hydrogen-bond acceptors (Lipinski definition) is 8. The molecule has 1 aliphatic heterocycles. The number of anilines is 5. The van der Waals surface area contributed by atoms with E-state index in [1.807, 2.05) is 52.0 Å². The van der Waals surface area contributed by atoms with Crippen LogP contribution in [0.2, 0.25) is 5.02 Å². The number of halogens is 1. The molecule has 1 fully saturated rings. The molecule has 0 aliphatic carbocycles. The number of hydrogen-bond donors (Lipinski definition) is 4. The lowest BCUT2D eigenvalue weighted by molar-refractivity contribution is 0.0956. The summed E-state index contributed by atoms with van der Waals surface area (Å²) in [6, 6.07) is 13.5. The zero-order chi connectivity index (χ0) is 27.3. The maximum atomic E-state index is 12.5. The lowest BCUT2D eigenvalue weighted by Gasteiger charge is -2.33. The summed E-state index contributed by atoms with van der Waals surface area (Å²) < 4.78 is 6.32. The predicted molar refractivity (Wildman–Crippen MR) is 154 cm³/mol. The second kappa shape index (κ2) is 11.9. The van der Waals surface area contributed by atoms with Crippen molar-refractivity contribution in [2.24, 2.45) is 5.73 Å². The number of piperidine rings is 1. The van der Waals surface area contributed by atoms with Crippen LogP contribution in [-0.4, -0.2) is 47.2 Å². The molecule has 2 heterocycles. The van der Waals surface area contributed by atoms with E-state index in [2.05, 4.69) is 36.9 Å². The minimum Gasteiger partial charge on any atom is -0.486 e. The first-order valence-corrected chi connectivity index (χ1v) is 13.3. The first kappa shape index (κ1) is 27.5. The van der Waals surface area contributed by atoms with E-state index in [-0.39, 0.29) is 11.9 Å².